The Labute approximate surface area is 229 Å². The molecule has 2 amide bonds. The number of thiophene rings is 1. The van der Waals surface area contributed by atoms with Crippen molar-refractivity contribution in [1.82, 2.24) is 9.62 Å². The van der Waals surface area contributed by atoms with Crippen molar-refractivity contribution in [3.63, 3.8) is 0 Å². The Balaban J connectivity index is 0.00000380. The largest absolute Gasteiger partial charge is 0.365 e. The van der Waals surface area contributed by atoms with E-state index in [4.69, 9.17) is 5.73 Å². The summed E-state index contributed by atoms with van der Waals surface area (Å²) in [5, 5.41) is 6.86. The van der Waals surface area contributed by atoms with Crippen LogP contribution in [-0.4, -0.2) is 43.2 Å². The number of sulfonamides is 1. The number of nitrogens with one attached hydrogen (secondary N) is 2. The van der Waals surface area contributed by atoms with Gasteiger partial charge in [-0.3, -0.25) is 9.59 Å². The van der Waals surface area contributed by atoms with Crippen LogP contribution >= 0.6 is 23.7 Å². The van der Waals surface area contributed by atoms with E-state index in [1.807, 2.05) is 13.8 Å². The van der Waals surface area contributed by atoms with Crippen LogP contribution in [0.15, 0.2) is 29.2 Å². The molecule has 1 aliphatic carbocycles. The first kappa shape index (κ1) is 29.6. The van der Waals surface area contributed by atoms with Crippen LogP contribution in [0.4, 0.5) is 5.00 Å². The molecule has 2 aliphatic rings. The normalized spacial score (nSPS) is 19.1. The summed E-state index contributed by atoms with van der Waals surface area (Å²) >= 11 is 1.35. The monoisotopic (exact) mass is 568 g/mol. The summed E-state index contributed by atoms with van der Waals surface area (Å²) < 4.78 is 27.7. The summed E-state index contributed by atoms with van der Waals surface area (Å²) in [7, 11) is -2.02. The topological polar surface area (TPSA) is 122 Å². The molecule has 0 atom stereocenters. The molecular formula is C26H37ClN4O4S2. The van der Waals surface area contributed by atoms with E-state index in [1.54, 1.807) is 7.05 Å². The SMILES string of the molecule is CN(C1CCCCC1)S(=O)(=O)c1ccc(C(=O)Nc2sc3c(c2C(N)=O)CC(C)(C)NC3(C)C)cc1.Cl. The number of hydrogen-bond acceptors (Lipinski definition) is 6. The zero-order valence-electron chi connectivity index (χ0n) is 22.0. The number of nitrogens with two attached hydrogens (primary N) is 1. The fraction of sp³-hybridized carbons (Fsp3) is 0.538. The molecule has 2 heterocycles. The number of nitrogens with zero attached hydrogens (tertiary/aromatic N) is 1. The van der Waals surface area contributed by atoms with Crippen LogP contribution in [0.1, 0.15) is 91.0 Å². The molecule has 0 saturated heterocycles. The fourth-order valence-corrected chi connectivity index (χ4v) is 8.33. The molecule has 0 unspecified atom stereocenters. The second-order valence-electron chi connectivity index (χ2n) is 11.1. The summed E-state index contributed by atoms with van der Waals surface area (Å²) in [4.78, 5) is 26.7. The first-order valence-electron chi connectivity index (χ1n) is 12.4. The number of carbonyl (C=O) groups excluding carboxylic acids is 2. The molecule has 4 N–H and O–H groups in total. The molecule has 8 nitrogen and oxygen atoms in total. The van der Waals surface area contributed by atoms with E-state index >= 15 is 0 Å². The summed E-state index contributed by atoms with van der Waals surface area (Å²) in [6.07, 6.45) is 5.56. The van der Waals surface area contributed by atoms with Gasteiger partial charge in [0.2, 0.25) is 10.0 Å². The van der Waals surface area contributed by atoms with Gasteiger partial charge in [-0.1, -0.05) is 19.3 Å². The average Bonchev–Trinajstić information content (AvgIpc) is 3.16. The molecule has 1 aliphatic heterocycles. The van der Waals surface area contributed by atoms with Crippen LogP contribution in [0.2, 0.25) is 0 Å². The van der Waals surface area contributed by atoms with Crippen LogP contribution in [0.25, 0.3) is 0 Å². The van der Waals surface area contributed by atoms with Gasteiger partial charge in [-0.15, -0.1) is 23.7 Å². The van der Waals surface area contributed by atoms with E-state index in [1.165, 1.54) is 39.9 Å². The van der Waals surface area contributed by atoms with E-state index < -0.39 is 27.4 Å². The molecule has 2 aromatic rings. The molecule has 4 rings (SSSR count). The standard InChI is InChI=1S/C26H36N4O4S2.ClH/c1-25(2)15-19-20(22(27)31)24(35-21(19)26(3,4)29-25)28-23(32)16-11-13-18(14-12-16)36(33,34)30(5)17-9-7-6-8-10-17;/h11-14,17,29H,6-10,15H2,1-5H3,(H2,27,31)(H,28,32);1H. The van der Waals surface area contributed by atoms with Gasteiger partial charge in [0, 0.05) is 34.6 Å². The van der Waals surface area contributed by atoms with Crippen molar-refractivity contribution >= 4 is 50.6 Å². The van der Waals surface area contributed by atoms with Gasteiger partial charge in [0.05, 0.1) is 10.5 Å². The highest BCUT2D eigenvalue weighted by molar-refractivity contribution is 7.89. The molecule has 0 spiro atoms. The molecule has 11 heteroatoms. The smallest absolute Gasteiger partial charge is 0.256 e. The van der Waals surface area contributed by atoms with Gasteiger partial charge in [-0.05, 0) is 76.8 Å². The van der Waals surface area contributed by atoms with Crippen LogP contribution in [0.3, 0.4) is 0 Å². The molecule has 1 saturated carbocycles. The van der Waals surface area contributed by atoms with Crippen LogP contribution in [0, 0.1) is 0 Å². The minimum Gasteiger partial charge on any atom is -0.365 e. The lowest BCUT2D eigenvalue weighted by Crippen LogP contribution is -2.55. The van der Waals surface area contributed by atoms with Gasteiger partial charge >= 0.3 is 0 Å². The van der Waals surface area contributed by atoms with E-state index in [9.17, 15) is 18.0 Å². The molecule has 1 fully saturated rings. The number of anilines is 1. The maximum Gasteiger partial charge on any atom is 0.256 e. The Bertz CT molecular complexity index is 1280. The number of carbonyl (C=O) groups is 2. The van der Waals surface area contributed by atoms with Gasteiger partial charge < -0.3 is 16.4 Å². The van der Waals surface area contributed by atoms with Crippen molar-refractivity contribution in [2.45, 2.75) is 88.2 Å². The van der Waals surface area contributed by atoms with Crippen molar-refractivity contribution in [3.8, 4) is 0 Å². The first-order valence-corrected chi connectivity index (χ1v) is 14.6. The molecule has 37 heavy (non-hydrogen) atoms. The summed E-state index contributed by atoms with van der Waals surface area (Å²) in [5.41, 5.74) is 6.63. The zero-order valence-corrected chi connectivity index (χ0v) is 24.5. The van der Waals surface area contributed by atoms with Crippen molar-refractivity contribution in [2.75, 3.05) is 12.4 Å². The third-order valence-corrected chi connectivity index (χ3v) is 10.6. The Hall–Kier alpha value is -1.98. The number of benzene rings is 1. The van der Waals surface area contributed by atoms with Crippen molar-refractivity contribution in [2.24, 2.45) is 5.73 Å². The van der Waals surface area contributed by atoms with E-state index in [0.717, 1.165) is 42.5 Å². The third kappa shape index (κ3) is 5.88. The van der Waals surface area contributed by atoms with E-state index in [0.29, 0.717) is 22.5 Å². The number of hydrogen-bond donors (Lipinski definition) is 3. The van der Waals surface area contributed by atoms with Gasteiger partial charge in [-0.2, -0.15) is 4.31 Å². The first-order chi connectivity index (χ1) is 16.7. The van der Waals surface area contributed by atoms with Crippen molar-refractivity contribution in [3.05, 3.63) is 45.8 Å². The van der Waals surface area contributed by atoms with Crippen LogP contribution in [0.5, 0.6) is 0 Å². The average molecular weight is 569 g/mol. The molecule has 1 aromatic heterocycles. The second-order valence-corrected chi connectivity index (χ2v) is 14.1. The number of fused-ring (bicyclic) bond motifs is 1. The molecule has 204 valence electrons. The highest BCUT2D eigenvalue weighted by atomic mass is 35.5. The van der Waals surface area contributed by atoms with Crippen molar-refractivity contribution < 1.29 is 18.0 Å². The summed E-state index contributed by atoms with van der Waals surface area (Å²) in [6, 6.07) is 5.94. The zero-order chi connectivity index (χ0) is 26.5. The van der Waals surface area contributed by atoms with Gasteiger partial charge in [0.15, 0.2) is 0 Å². The molecule has 1 aromatic carbocycles. The van der Waals surface area contributed by atoms with Crippen molar-refractivity contribution in [1.29, 1.82) is 0 Å². The number of halogens is 1. The summed E-state index contributed by atoms with van der Waals surface area (Å²) in [5.74, 6) is -1.01. The Morgan fingerprint density at radius 3 is 2.24 bits per heavy atom. The maximum atomic E-state index is 13.1. The van der Waals surface area contributed by atoms with Crippen LogP contribution < -0.4 is 16.4 Å². The molecule has 0 bridgehead atoms. The lowest BCUT2D eigenvalue weighted by atomic mass is 9.81. The summed E-state index contributed by atoms with van der Waals surface area (Å²) in [6.45, 7) is 8.23. The Morgan fingerprint density at radius 1 is 1.08 bits per heavy atom. The van der Waals surface area contributed by atoms with E-state index in [-0.39, 0.29) is 28.9 Å². The van der Waals surface area contributed by atoms with Gasteiger partial charge in [0.1, 0.15) is 5.00 Å². The fourth-order valence-electron chi connectivity index (χ4n) is 5.64. The Morgan fingerprint density at radius 2 is 1.68 bits per heavy atom. The van der Waals surface area contributed by atoms with Crippen LogP contribution in [-0.2, 0) is 22.0 Å². The molecular weight excluding hydrogens is 532 g/mol. The number of primary amides is 1. The lowest BCUT2D eigenvalue weighted by Gasteiger charge is -2.42. The molecule has 0 radical (unpaired) electrons. The minimum atomic E-state index is -3.65. The minimum absolute atomic E-state index is 0. The quantitative estimate of drug-likeness (QED) is 0.469. The Kier molecular flexibility index (Phi) is 8.51. The second kappa shape index (κ2) is 10.6. The number of rotatable bonds is 6. The van der Waals surface area contributed by atoms with Gasteiger partial charge in [-0.25, -0.2) is 8.42 Å². The van der Waals surface area contributed by atoms with E-state index in [2.05, 4.69) is 24.5 Å². The lowest BCUT2D eigenvalue weighted by molar-refractivity contribution is 0.0999. The predicted molar refractivity (Wildman–Crippen MR) is 150 cm³/mol. The van der Waals surface area contributed by atoms with Gasteiger partial charge in [0.25, 0.3) is 11.8 Å². The highest BCUT2D eigenvalue weighted by Gasteiger charge is 2.41. The number of amides is 2. The third-order valence-electron chi connectivity index (χ3n) is 7.20. The predicted octanol–water partition coefficient (Wildman–Crippen LogP) is 4.63. The maximum absolute atomic E-state index is 13.1. The highest BCUT2D eigenvalue weighted by Crippen LogP contribution is 2.45.